The second-order valence-corrected chi connectivity index (χ2v) is 7.09. The summed E-state index contributed by atoms with van der Waals surface area (Å²) >= 11 is 5.94. The molecule has 0 spiro atoms. The number of aryl methyl sites for hydroxylation is 2. The Hall–Kier alpha value is -2.54. The quantitative estimate of drug-likeness (QED) is 0.698. The monoisotopic (exact) mass is 373 g/mol. The van der Waals surface area contributed by atoms with E-state index in [-0.39, 0.29) is 11.2 Å². The molecule has 1 aliphatic heterocycles. The van der Waals surface area contributed by atoms with E-state index in [0.29, 0.717) is 11.2 Å². The van der Waals surface area contributed by atoms with Crippen LogP contribution in [0, 0.1) is 0 Å². The molecule has 3 aromatic rings. The van der Waals surface area contributed by atoms with Crippen molar-refractivity contribution in [3.63, 3.8) is 0 Å². The van der Waals surface area contributed by atoms with Crippen LogP contribution in [0.25, 0.3) is 11.2 Å². The molecule has 0 amide bonds. The molecule has 136 valence electrons. The van der Waals surface area contributed by atoms with E-state index in [1.165, 1.54) is 17.2 Å². The lowest BCUT2D eigenvalue weighted by molar-refractivity contribution is 0.563. The minimum atomic E-state index is -0.356. The normalized spacial score (nSPS) is 14.0. The highest BCUT2D eigenvalue weighted by molar-refractivity contribution is 6.30. The number of benzene rings is 1. The van der Waals surface area contributed by atoms with Gasteiger partial charge in [0.05, 0.1) is 0 Å². The summed E-state index contributed by atoms with van der Waals surface area (Å²) in [7, 11) is 3.16. The molecule has 0 fully saturated rings. The van der Waals surface area contributed by atoms with Gasteiger partial charge < -0.3 is 9.47 Å². The minimum Gasteiger partial charge on any atom is -0.342 e. The maximum Gasteiger partial charge on any atom is 0.332 e. The maximum atomic E-state index is 12.6. The molecule has 7 nitrogen and oxygen atoms in total. The number of hydrogen-bond donors (Lipinski definition) is 0. The van der Waals surface area contributed by atoms with Gasteiger partial charge in [-0.2, -0.15) is 4.98 Å². The fourth-order valence-corrected chi connectivity index (χ4v) is 3.66. The molecule has 0 unspecified atom stereocenters. The highest BCUT2D eigenvalue weighted by Crippen LogP contribution is 2.24. The van der Waals surface area contributed by atoms with Gasteiger partial charge in [-0.3, -0.25) is 13.9 Å². The van der Waals surface area contributed by atoms with Crippen LogP contribution in [0.15, 0.2) is 33.9 Å². The first-order valence-electron chi connectivity index (χ1n) is 8.63. The van der Waals surface area contributed by atoms with Gasteiger partial charge in [-0.05, 0) is 30.5 Å². The van der Waals surface area contributed by atoms with Gasteiger partial charge in [0.25, 0.3) is 5.56 Å². The molecule has 0 atom stereocenters. The van der Waals surface area contributed by atoms with Gasteiger partial charge in [0.15, 0.2) is 11.2 Å². The van der Waals surface area contributed by atoms with E-state index in [1.54, 1.807) is 7.05 Å². The molecule has 0 radical (unpaired) electrons. The van der Waals surface area contributed by atoms with Crippen molar-refractivity contribution in [2.45, 2.75) is 19.4 Å². The first-order chi connectivity index (χ1) is 12.5. The lowest BCUT2D eigenvalue weighted by Gasteiger charge is -2.29. The van der Waals surface area contributed by atoms with E-state index in [0.717, 1.165) is 48.0 Å². The fraction of sp³-hybridized carbons (Fsp3) is 0.389. The summed E-state index contributed by atoms with van der Waals surface area (Å²) in [6, 6.07) is 7.83. The minimum absolute atomic E-state index is 0.290. The maximum absolute atomic E-state index is 12.6. The lowest BCUT2D eigenvalue weighted by atomic mass is 10.1. The van der Waals surface area contributed by atoms with Crippen LogP contribution in [-0.2, 0) is 27.1 Å². The smallest absolute Gasteiger partial charge is 0.332 e. The largest absolute Gasteiger partial charge is 0.342 e. The summed E-state index contributed by atoms with van der Waals surface area (Å²) in [5.41, 5.74) is 1.50. The second-order valence-electron chi connectivity index (χ2n) is 6.66. The van der Waals surface area contributed by atoms with Gasteiger partial charge >= 0.3 is 5.69 Å². The van der Waals surface area contributed by atoms with E-state index < -0.39 is 0 Å². The molecule has 2 aromatic heterocycles. The number of nitrogens with zero attached hydrogens (tertiary/aromatic N) is 5. The Bertz CT molecular complexity index is 1090. The van der Waals surface area contributed by atoms with Gasteiger partial charge in [-0.25, -0.2) is 4.79 Å². The van der Waals surface area contributed by atoms with Crippen molar-refractivity contribution in [1.29, 1.82) is 0 Å². The first kappa shape index (κ1) is 16.9. The standard InChI is InChI=1S/C18H20ClN5O2/c1-21-15-14(16(25)22(2)18(21)26)24-10-3-9-23(17(24)20-15)11-8-12-4-6-13(19)7-5-12/h4-7H,3,8-11H2,1-2H3. The van der Waals surface area contributed by atoms with Crippen LogP contribution in [0.3, 0.4) is 0 Å². The molecule has 1 aromatic carbocycles. The van der Waals surface area contributed by atoms with Crippen LogP contribution < -0.4 is 16.1 Å². The van der Waals surface area contributed by atoms with Crippen molar-refractivity contribution >= 4 is 28.7 Å². The van der Waals surface area contributed by atoms with Gasteiger partial charge in [-0.15, -0.1) is 0 Å². The number of halogens is 1. The average Bonchev–Trinajstić information content (AvgIpc) is 3.04. The highest BCUT2D eigenvalue weighted by atomic mass is 35.5. The first-order valence-corrected chi connectivity index (χ1v) is 9.01. The van der Waals surface area contributed by atoms with Crippen LogP contribution in [0.1, 0.15) is 12.0 Å². The van der Waals surface area contributed by atoms with Crippen LogP contribution in [0.2, 0.25) is 5.02 Å². The molecule has 0 saturated carbocycles. The van der Waals surface area contributed by atoms with Crippen LogP contribution in [0.4, 0.5) is 5.95 Å². The summed E-state index contributed by atoms with van der Waals surface area (Å²) < 4.78 is 4.53. The molecule has 0 aliphatic carbocycles. The van der Waals surface area contributed by atoms with Crippen LogP contribution >= 0.6 is 11.6 Å². The summed E-state index contributed by atoms with van der Waals surface area (Å²) in [6.45, 7) is 2.40. The Kier molecular flexibility index (Phi) is 4.11. The number of imidazole rings is 1. The Morgan fingerprint density at radius 3 is 2.54 bits per heavy atom. The number of anilines is 1. The molecule has 0 saturated heterocycles. The lowest BCUT2D eigenvalue weighted by Crippen LogP contribution is -2.38. The number of aromatic nitrogens is 4. The van der Waals surface area contributed by atoms with Gasteiger partial charge in [0.2, 0.25) is 5.95 Å². The second kappa shape index (κ2) is 6.32. The topological polar surface area (TPSA) is 65.1 Å². The molecule has 3 heterocycles. The molecule has 26 heavy (non-hydrogen) atoms. The van der Waals surface area contributed by atoms with E-state index in [2.05, 4.69) is 9.88 Å². The Morgan fingerprint density at radius 1 is 1.08 bits per heavy atom. The highest BCUT2D eigenvalue weighted by Gasteiger charge is 2.25. The molecule has 4 rings (SSSR count). The molecule has 0 N–H and O–H groups in total. The molecular formula is C18H20ClN5O2. The van der Waals surface area contributed by atoms with Crippen LogP contribution in [-0.4, -0.2) is 31.8 Å². The zero-order chi connectivity index (χ0) is 18.4. The van der Waals surface area contributed by atoms with E-state index >= 15 is 0 Å². The van der Waals surface area contributed by atoms with Crippen molar-refractivity contribution in [3.05, 3.63) is 55.7 Å². The third kappa shape index (κ3) is 2.63. The van der Waals surface area contributed by atoms with E-state index in [4.69, 9.17) is 11.6 Å². The zero-order valence-corrected chi connectivity index (χ0v) is 15.5. The summed E-state index contributed by atoms with van der Waals surface area (Å²) in [5, 5.41) is 0.727. The van der Waals surface area contributed by atoms with Crippen molar-refractivity contribution in [3.8, 4) is 0 Å². The predicted molar refractivity (Wildman–Crippen MR) is 102 cm³/mol. The zero-order valence-electron chi connectivity index (χ0n) is 14.8. The van der Waals surface area contributed by atoms with E-state index in [9.17, 15) is 9.59 Å². The van der Waals surface area contributed by atoms with E-state index in [1.807, 2.05) is 28.8 Å². The summed E-state index contributed by atoms with van der Waals surface area (Å²) in [6.07, 6.45) is 1.79. The van der Waals surface area contributed by atoms with Crippen molar-refractivity contribution in [2.24, 2.45) is 14.1 Å². The van der Waals surface area contributed by atoms with Gasteiger partial charge in [0.1, 0.15) is 0 Å². The molecule has 8 heteroatoms. The predicted octanol–water partition coefficient (Wildman–Crippen LogP) is 1.54. The SMILES string of the molecule is Cn1c(=O)c2c(nc3n2CCCN3CCc2ccc(Cl)cc2)n(C)c1=O. The summed E-state index contributed by atoms with van der Waals surface area (Å²) in [5.74, 6) is 0.763. The average molecular weight is 374 g/mol. The Balaban J connectivity index is 1.73. The fourth-order valence-electron chi connectivity index (χ4n) is 3.53. The Morgan fingerprint density at radius 2 is 1.81 bits per heavy atom. The van der Waals surface area contributed by atoms with Crippen molar-refractivity contribution in [2.75, 3.05) is 18.0 Å². The number of fused-ring (bicyclic) bond motifs is 3. The van der Waals surface area contributed by atoms with Gasteiger partial charge in [0, 0.05) is 38.8 Å². The Labute approximate surface area is 155 Å². The van der Waals surface area contributed by atoms with Crippen LogP contribution in [0.5, 0.6) is 0 Å². The van der Waals surface area contributed by atoms with Crippen molar-refractivity contribution < 1.29 is 0 Å². The molecule has 0 bridgehead atoms. The summed E-state index contributed by atoms with van der Waals surface area (Å²) in [4.78, 5) is 31.6. The third-order valence-electron chi connectivity index (χ3n) is 5.00. The number of rotatable bonds is 3. The third-order valence-corrected chi connectivity index (χ3v) is 5.26. The molecular weight excluding hydrogens is 354 g/mol. The van der Waals surface area contributed by atoms with Gasteiger partial charge in [-0.1, -0.05) is 23.7 Å². The molecule has 1 aliphatic rings. The number of hydrogen-bond acceptors (Lipinski definition) is 4. The van der Waals surface area contributed by atoms with Crippen molar-refractivity contribution in [1.82, 2.24) is 18.7 Å².